The molecule has 0 atom stereocenters. The highest BCUT2D eigenvalue weighted by atomic mass is 16.5. The Hall–Kier alpha value is -2.08. The summed E-state index contributed by atoms with van der Waals surface area (Å²) in [6.45, 7) is 9.07. The molecule has 0 saturated carbocycles. The standard InChI is InChI=1S/C18H30N4O2/c1-13(2)16(23)22-15-9-7-14(8-10-15)11-20-17(19-5)21-12-18(3,4)24-6/h7-10,13H,11-12H2,1-6H3,(H,22,23)(H2,19,20,21). The molecule has 0 spiro atoms. The van der Waals surface area contributed by atoms with Gasteiger partial charge in [-0.25, -0.2) is 0 Å². The largest absolute Gasteiger partial charge is 0.377 e. The number of nitrogens with zero attached hydrogens (tertiary/aromatic N) is 1. The number of rotatable bonds is 7. The number of aliphatic imine (C=N–C) groups is 1. The molecule has 0 aliphatic rings. The molecule has 0 unspecified atom stereocenters. The normalized spacial score (nSPS) is 12.2. The van der Waals surface area contributed by atoms with E-state index in [1.165, 1.54) is 0 Å². The van der Waals surface area contributed by atoms with Gasteiger partial charge in [0.25, 0.3) is 0 Å². The Labute approximate surface area is 145 Å². The van der Waals surface area contributed by atoms with Crippen LogP contribution >= 0.6 is 0 Å². The van der Waals surface area contributed by atoms with Crippen molar-refractivity contribution in [1.82, 2.24) is 10.6 Å². The van der Waals surface area contributed by atoms with E-state index in [9.17, 15) is 4.79 Å². The van der Waals surface area contributed by atoms with Gasteiger partial charge in [0.1, 0.15) is 0 Å². The van der Waals surface area contributed by atoms with E-state index in [2.05, 4.69) is 20.9 Å². The second-order valence-corrected chi connectivity index (χ2v) is 6.58. The second kappa shape index (κ2) is 9.27. The summed E-state index contributed by atoms with van der Waals surface area (Å²) in [5, 5.41) is 9.37. The summed E-state index contributed by atoms with van der Waals surface area (Å²) >= 11 is 0. The number of benzene rings is 1. The van der Waals surface area contributed by atoms with Gasteiger partial charge in [0.15, 0.2) is 5.96 Å². The molecule has 1 aromatic carbocycles. The summed E-state index contributed by atoms with van der Waals surface area (Å²) in [6, 6.07) is 7.77. The summed E-state index contributed by atoms with van der Waals surface area (Å²) in [5.74, 6) is 0.709. The van der Waals surface area contributed by atoms with Gasteiger partial charge >= 0.3 is 0 Å². The van der Waals surface area contributed by atoms with Crippen LogP contribution in [0.15, 0.2) is 29.3 Å². The van der Waals surface area contributed by atoms with Crippen molar-refractivity contribution >= 4 is 17.6 Å². The Balaban J connectivity index is 2.50. The van der Waals surface area contributed by atoms with Crippen molar-refractivity contribution in [1.29, 1.82) is 0 Å². The van der Waals surface area contributed by atoms with E-state index in [0.717, 1.165) is 17.2 Å². The molecule has 24 heavy (non-hydrogen) atoms. The van der Waals surface area contributed by atoms with Crippen LogP contribution in [-0.2, 0) is 16.1 Å². The molecular weight excluding hydrogens is 304 g/mol. The number of carbonyl (C=O) groups is 1. The Kier molecular flexibility index (Phi) is 7.71. The highest BCUT2D eigenvalue weighted by Crippen LogP contribution is 2.11. The minimum absolute atomic E-state index is 0.0197. The van der Waals surface area contributed by atoms with Gasteiger partial charge in [0.2, 0.25) is 5.91 Å². The lowest BCUT2D eigenvalue weighted by Crippen LogP contribution is -2.45. The van der Waals surface area contributed by atoms with Crippen molar-refractivity contribution in [3.05, 3.63) is 29.8 Å². The number of anilines is 1. The predicted octanol–water partition coefficient (Wildman–Crippen LogP) is 2.37. The monoisotopic (exact) mass is 334 g/mol. The van der Waals surface area contributed by atoms with E-state index in [-0.39, 0.29) is 17.4 Å². The van der Waals surface area contributed by atoms with Crippen LogP contribution in [0.25, 0.3) is 0 Å². The molecule has 0 fully saturated rings. The molecule has 1 aromatic rings. The van der Waals surface area contributed by atoms with Crippen LogP contribution in [0.5, 0.6) is 0 Å². The van der Waals surface area contributed by atoms with Crippen LogP contribution in [0.3, 0.4) is 0 Å². The molecule has 1 amide bonds. The molecule has 1 rings (SSSR count). The molecule has 6 nitrogen and oxygen atoms in total. The molecule has 0 aromatic heterocycles. The minimum Gasteiger partial charge on any atom is -0.377 e. The number of nitrogens with one attached hydrogen (secondary N) is 3. The number of amides is 1. The smallest absolute Gasteiger partial charge is 0.226 e. The van der Waals surface area contributed by atoms with Crippen LogP contribution in [0.1, 0.15) is 33.3 Å². The van der Waals surface area contributed by atoms with E-state index >= 15 is 0 Å². The van der Waals surface area contributed by atoms with E-state index < -0.39 is 0 Å². The van der Waals surface area contributed by atoms with E-state index in [1.807, 2.05) is 52.0 Å². The number of hydrogen-bond acceptors (Lipinski definition) is 3. The number of carbonyl (C=O) groups excluding carboxylic acids is 1. The van der Waals surface area contributed by atoms with Crippen LogP contribution < -0.4 is 16.0 Å². The summed E-state index contributed by atoms with van der Waals surface area (Å²) in [6.07, 6.45) is 0. The first-order valence-corrected chi connectivity index (χ1v) is 8.17. The van der Waals surface area contributed by atoms with Crippen molar-refractivity contribution in [3.8, 4) is 0 Å². The molecule has 0 radical (unpaired) electrons. The average molecular weight is 334 g/mol. The van der Waals surface area contributed by atoms with Crippen molar-refractivity contribution in [2.45, 2.75) is 39.8 Å². The van der Waals surface area contributed by atoms with Crippen LogP contribution in [0, 0.1) is 5.92 Å². The van der Waals surface area contributed by atoms with Crippen LogP contribution in [0.4, 0.5) is 5.69 Å². The minimum atomic E-state index is -0.256. The Morgan fingerprint density at radius 3 is 2.33 bits per heavy atom. The summed E-state index contributed by atoms with van der Waals surface area (Å²) in [4.78, 5) is 15.9. The van der Waals surface area contributed by atoms with Gasteiger partial charge in [-0.3, -0.25) is 9.79 Å². The molecule has 134 valence electrons. The molecular formula is C18H30N4O2. The summed E-state index contributed by atoms with van der Waals surface area (Å²) in [7, 11) is 3.43. The van der Waals surface area contributed by atoms with Gasteiger partial charge in [0.05, 0.1) is 5.60 Å². The number of hydrogen-bond donors (Lipinski definition) is 3. The maximum atomic E-state index is 11.7. The Bertz CT molecular complexity index is 551. The fraction of sp³-hybridized carbons (Fsp3) is 0.556. The molecule has 0 aliphatic carbocycles. The topological polar surface area (TPSA) is 74.8 Å². The zero-order valence-electron chi connectivity index (χ0n) is 15.6. The first-order valence-electron chi connectivity index (χ1n) is 8.17. The number of guanidine groups is 1. The van der Waals surface area contributed by atoms with E-state index in [1.54, 1.807) is 14.2 Å². The van der Waals surface area contributed by atoms with Gasteiger partial charge in [-0.2, -0.15) is 0 Å². The quantitative estimate of drug-likeness (QED) is 0.529. The lowest BCUT2D eigenvalue weighted by molar-refractivity contribution is -0.118. The zero-order chi connectivity index (χ0) is 18.2. The van der Waals surface area contributed by atoms with Gasteiger partial charge < -0.3 is 20.7 Å². The van der Waals surface area contributed by atoms with Gasteiger partial charge in [-0.1, -0.05) is 26.0 Å². The fourth-order valence-corrected chi connectivity index (χ4v) is 1.77. The van der Waals surface area contributed by atoms with Gasteiger partial charge in [-0.15, -0.1) is 0 Å². The highest BCUT2D eigenvalue weighted by molar-refractivity contribution is 5.92. The van der Waals surface area contributed by atoms with Gasteiger partial charge in [-0.05, 0) is 31.5 Å². The SMILES string of the molecule is CN=C(NCc1ccc(NC(=O)C(C)C)cc1)NCC(C)(C)OC. The predicted molar refractivity (Wildman–Crippen MR) is 99.2 cm³/mol. The molecule has 6 heteroatoms. The van der Waals surface area contributed by atoms with Crippen molar-refractivity contribution in [2.75, 3.05) is 26.0 Å². The molecule has 0 saturated heterocycles. The van der Waals surface area contributed by atoms with E-state index in [0.29, 0.717) is 13.1 Å². The van der Waals surface area contributed by atoms with E-state index in [4.69, 9.17) is 4.74 Å². The second-order valence-electron chi connectivity index (χ2n) is 6.58. The summed E-state index contributed by atoms with van der Waals surface area (Å²) < 4.78 is 5.38. The maximum Gasteiger partial charge on any atom is 0.226 e. The highest BCUT2D eigenvalue weighted by Gasteiger charge is 2.16. The molecule has 3 N–H and O–H groups in total. The van der Waals surface area contributed by atoms with Crippen LogP contribution in [0.2, 0.25) is 0 Å². The Morgan fingerprint density at radius 1 is 1.21 bits per heavy atom. The first-order chi connectivity index (χ1) is 11.3. The van der Waals surface area contributed by atoms with Crippen molar-refractivity contribution in [2.24, 2.45) is 10.9 Å². The molecule has 0 heterocycles. The maximum absolute atomic E-state index is 11.7. The Morgan fingerprint density at radius 2 is 1.83 bits per heavy atom. The fourth-order valence-electron chi connectivity index (χ4n) is 1.77. The number of methoxy groups -OCH3 is 1. The van der Waals surface area contributed by atoms with Crippen molar-refractivity contribution < 1.29 is 9.53 Å². The lowest BCUT2D eigenvalue weighted by Gasteiger charge is -2.24. The third-order valence-electron chi connectivity index (χ3n) is 3.66. The van der Waals surface area contributed by atoms with Crippen molar-refractivity contribution in [3.63, 3.8) is 0 Å². The van der Waals surface area contributed by atoms with Gasteiger partial charge in [0, 0.05) is 38.9 Å². The molecule has 0 aliphatic heterocycles. The number of ether oxygens (including phenoxy) is 1. The zero-order valence-corrected chi connectivity index (χ0v) is 15.6. The first kappa shape index (κ1) is 20.0. The molecule has 0 bridgehead atoms. The lowest BCUT2D eigenvalue weighted by atomic mass is 10.1. The third kappa shape index (κ3) is 7.00. The summed E-state index contributed by atoms with van der Waals surface area (Å²) in [5.41, 5.74) is 1.65. The van der Waals surface area contributed by atoms with Crippen LogP contribution in [-0.4, -0.2) is 38.2 Å². The average Bonchev–Trinajstić information content (AvgIpc) is 2.56. The third-order valence-corrected chi connectivity index (χ3v) is 3.66.